The summed E-state index contributed by atoms with van der Waals surface area (Å²) < 4.78 is 35.5. The minimum Gasteiger partial charge on any atom is -0.397 e. The van der Waals surface area contributed by atoms with Crippen LogP contribution in [0.4, 0.5) is 24.5 Å². The number of rotatable bonds is 2. The number of halogens is 4. The third-order valence-corrected chi connectivity index (χ3v) is 1.98. The van der Waals surface area contributed by atoms with E-state index < -0.39 is 18.5 Å². The first-order chi connectivity index (χ1) is 7.28. The van der Waals surface area contributed by atoms with Crippen LogP contribution >= 0.6 is 11.6 Å². The van der Waals surface area contributed by atoms with Crippen molar-refractivity contribution < 1.29 is 18.0 Å². The number of carbonyl (C=O) groups excluding carboxylic acids is 1. The number of nitrogens with two attached hydrogens (primary N) is 1. The van der Waals surface area contributed by atoms with Crippen LogP contribution in [-0.2, 0) is 4.79 Å². The fourth-order valence-electron chi connectivity index (χ4n) is 1.01. The Kier molecular flexibility index (Phi) is 3.64. The minimum absolute atomic E-state index is 0.177. The van der Waals surface area contributed by atoms with Gasteiger partial charge in [0.05, 0.1) is 10.7 Å². The highest BCUT2D eigenvalue weighted by molar-refractivity contribution is 6.33. The molecular weight excluding hydrogens is 245 g/mol. The van der Waals surface area contributed by atoms with Gasteiger partial charge in [-0.05, 0) is 18.2 Å². The second-order valence-corrected chi connectivity index (χ2v) is 3.48. The van der Waals surface area contributed by atoms with Gasteiger partial charge in [-0.2, -0.15) is 13.2 Å². The molecule has 0 atom stereocenters. The fourth-order valence-corrected chi connectivity index (χ4v) is 1.13. The van der Waals surface area contributed by atoms with E-state index in [9.17, 15) is 18.0 Å². The Morgan fingerprint density at radius 1 is 1.44 bits per heavy atom. The van der Waals surface area contributed by atoms with Crippen LogP contribution in [0.25, 0.3) is 0 Å². The van der Waals surface area contributed by atoms with Crippen molar-refractivity contribution in [3.8, 4) is 0 Å². The molecule has 0 aliphatic rings. The molecule has 0 aliphatic heterocycles. The summed E-state index contributed by atoms with van der Waals surface area (Å²) in [5.74, 6) is -1.14. The van der Waals surface area contributed by atoms with Crippen molar-refractivity contribution in [2.75, 3.05) is 11.1 Å². The number of nitrogens with one attached hydrogen (secondary N) is 1. The standard InChI is InChI=1S/C9H8ClF3N2O/c10-6-2-1-5(3-7(6)14)15-8(16)4-9(11,12)13/h1-3H,4,14H2,(H,15,16). The van der Waals surface area contributed by atoms with E-state index in [1.165, 1.54) is 18.2 Å². The van der Waals surface area contributed by atoms with E-state index in [0.717, 1.165) is 0 Å². The molecule has 0 saturated heterocycles. The highest BCUT2D eigenvalue weighted by Crippen LogP contribution is 2.24. The lowest BCUT2D eigenvalue weighted by atomic mass is 10.2. The van der Waals surface area contributed by atoms with Gasteiger partial charge < -0.3 is 11.1 Å². The summed E-state index contributed by atoms with van der Waals surface area (Å²) in [6, 6.07) is 4.05. The molecule has 0 unspecified atom stereocenters. The largest absolute Gasteiger partial charge is 0.397 e. The first kappa shape index (κ1) is 12.6. The molecule has 3 N–H and O–H groups in total. The normalized spacial score (nSPS) is 11.2. The number of carbonyl (C=O) groups is 1. The summed E-state index contributed by atoms with van der Waals surface area (Å²) in [5.41, 5.74) is 5.78. The lowest BCUT2D eigenvalue weighted by Crippen LogP contribution is -2.21. The summed E-state index contributed by atoms with van der Waals surface area (Å²) in [4.78, 5) is 10.9. The van der Waals surface area contributed by atoms with Crippen molar-refractivity contribution in [3.63, 3.8) is 0 Å². The van der Waals surface area contributed by atoms with Crippen molar-refractivity contribution in [2.24, 2.45) is 0 Å². The monoisotopic (exact) mass is 252 g/mol. The molecule has 16 heavy (non-hydrogen) atoms. The molecule has 0 spiro atoms. The van der Waals surface area contributed by atoms with Gasteiger partial charge in [-0.3, -0.25) is 4.79 Å². The molecular formula is C9H8ClF3N2O. The molecule has 1 amide bonds. The minimum atomic E-state index is -4.53. The highest BCUT2D eigenvalue weighted by Gasteiger charge is 2.31. The highest BCUT2D eigenvalue weighted by atomic mass is 35.5. The molecule has 1 aromatic carbocycles. The van der Waals surface area contributed by atoms with E-state index in [0.29, 0.717) is 0 Å². The van der Waals surface area contributed by atoms with Crippen LogP contribution in [0.1, 0.15) is 6.42 Å². The lowest BCUT2D eigenvalue weighted by Gasteiger charge is -2.08. The van der Waals surface area contributed by atoms with E-state index in [1.807, 2.05) is 0 Å². The maximum Gasteiger partial charge on any atom is 0.397 e. The Bertz CT molecular complexity index is 406. The van der Waals surface area contributed by atoms with Gasteiger partial charge in [0.15, 0.2) is 0 Å². The molecule has 88 valence electrons. The number of hydrogen-bond donors (Lipinski definition) is 2. The van der Waals surface area contributed by atoms with Crippen molar-refractivity contribution in [2.45, 2.75) is 12.6 Å². The van der Waals surface area contributed by atoms with Crippen molar-refractivity contribution in [3.05, 3.63) is 23.2 Å². The molecule has 0 radical (unpaired) electrons. The smallest absolute Gasteiger partial charge is 0.397 e. The van der Waals surface area contributed by atoms with Crippen LogP contribution in [-0.4, -0.2) is 12.1 Å². The Morgan fingerprint density at radius 3 is 2.56 bits per heavy atom. The average Bonchev–Trinajstić information content (AvgIpc) is 2.08. The molecule has 0 bridgehead atoms. The zero-order valence-corrected chi connectivity index (χ0v) is 8.69. The summed E-state index contributed by atoms with van der Waals surface area (Å²) >= 11 is 5.61. The summed E-state index contributed by atoms with van der Waals surface area (Å²) in [6.07, 6.45) is -6.06. The van der Waals surface area contributed by atoms with E-state index in [2.05, 4.69) is 5.32 Å². The summed E-state index contributed by atoms with van der Waals surface area (Å²) in [7, 11) is 0. The van der Waals surface area contributed by atoms with Gasteiger partial charge in [0.25, 0.3) is 0 Å². The molecule has 0 aromatic heterocycles. The predicted molar refractivity (Wildman–Crippen MR) is 55.2 cm³/mol. The summed E-state index contributed by atoms with van der Waals surface area (Å²) in [5, 5.41) is 2.34. The fraction of sp³-hybridized carbons (Fsp3) is 0.222. The molecule has 1 aromatic rings. The predicted octanol–water partition coefficient (Wildman–Crippen LogP) is 2.81. The van der Waals surface area contributed by atoms with Gasteiger partial charge in [0, 0.05) is 5.69 Å². The van der Waals surface area contributed by atoms with Gasteiger partial charge in [0.1, 0.15) is 6.42 Å². The van der Waals surface area contributed by atoms with Crippen molar-refractivity contribution >= 4 is 28.9 Å². The Balaban J connectivity index is 2.67. The number of amides is 1. The topological polar surface area (TPSA) is 55.1 Å². The zero-order valence-electron chi connectivity index (χ0n) is 7.94. The first-order valence-electron chi connectivity index (χ1n) is 4.19. The number of nitrogen functional groups attached to an aromatic ring is 1. The molecule has 1 rings (SSSR count). The van der Waals surface area contributed by atoms with Crippen LogP contribution in [0.5, 0.6) is 0 Å². The Morgan fingerprint density at radius 2 is 2.06 bits per heavy atom. The first-order valence-corrected chi connectivity index (χ1v) is 4.57. The third-order valence-electron chi connectivity index (χ3n) is 1.64. The van der Waals surface area contributed by atoms with Gasteiger partial charge in [0.2, 0.25) is 5.91 Å². The number of hydrogen-bond acceptors (Lipinski definition) is 2. The van der Waals surface area contributed by atoms with E-state index >= 15 is 0 Å². The molecule has 3 nitrogen and oxygen atoms in total. The Hall–Kier alpha value is -1.43. The molecule has 0 aliphatic carbocycles. The zero-order chi connectivity index (χ0) is 12.3. The second-order valence-electron chi connectivity index (χ2n) is 3.08. The molecule has 7 heteroatoms. The third kappa shape index (κ3) is 3.98. The van der Waals surface area contributed by atoms with Crippen LogP contribution < -0.4 is 11.1 Å². The lowest BCUT2D eigenvalue weighted by molar-refractivity contribution is -0.150. The van der Waals surface area contributed by atoms with Gasteiger partial charge in [-0.1, -0.05) is 11.6 Å². The van der Waals surface area contributed by atoms with Gasteiger partial charge >= 0.3 is 6.18 Å². The average molecular weight is 253 g/mol. The van der Waals surface area contributed by atoms with Crippen LogP contribution in [0.3, 0.4) is 0 Å². The van der Waals surface area contributed by atoms with Crippen LogP contribution in [0.15, 0.2) is 18.2 Å². The van der Waals surface area contributed by atoms with Crippen molar-refractivity contribution in [1.82, 2.24) is 0 Å². The molecule has 0 heterocycles. The van der Waals surface area contributed by atoms with E-state index in [1.54, 1.807) is 0 Å². The number of benzene rings is 1. The molecule has 0 fully saturated rings. The second kappa shape index (κ2) is 4.61. The maximum absolute atomic E-state index is 11.8. The van der Waals surface area contributed by atoms with Crippen molar-refractivity contribution in [1.29, 1.82) is 0 Å². The molecule has 0 saturated carbocycles. The van der Waals surface area contributed by atoms with Gasteiger partial charge in [-0.15, -0.1) is 0 Å². The van der Waals surface area contributed by atoms with Crippen LogP contribution in [0, 0.1) is 0 Å². The van der Waals surface area contributed by atoms with Crippen LogP contribution in [0.2, 0.25) is 5.02 Å². The number of anilines is 2. The van der Waals surface area contributed by atoms with E-state index in [-0.39, 0.29) is 16.4 Å². The Labute approximate surface area is 94.4 Å². The number of alkyl halides is 3. The summed E-state index contributed by atoms with van der Waals surface area (Å²) in [6.45, 7) is 0. The SMILES string of the molecule is Nc1cc(NC(=O)CC(F)(F)F)ccc1Cl. The van der Waals surface area contributed by atoms with Gasteiger partial charge in [-0.25, -0.2) is 0 Å². The maximum atomic E-state index is 11.8. The quantitative estimate of drug-likeness (QED) is 0.795. The van der Waals surface area contributed by atoms with E-state index in [4.69, 9.17) is 17.3 Å².